The van der Waals surface area contributed by atoms with Crippen molar-refractivity contribution >= 4 is 17.7 Å². The highest BCUT2D eigenvalue weighted by molar-refractivity contribution is 5.92. The lowest BCUT2D eigenvalue weighted by Gasteiger charge is -2.24. The number of rotatable bonds is 4. The molecule has 1 atom stereocenters. The number of amides is 1. The van der Waals surface area contributed by atoms with Gasteiger partial charge in [-0.3, -0.25) is 4.99 Å². The number of carbonyl (C=O) groups is 1. The molecule has 0 bridgehead atoms. The molecule has 0 aromatic heterocycles. The maximum absolute atomic E-state index is 12.1. The van der Waals surface area contributed by atoms with E-state index in [1.54, 1.807) is 4.90 Å². The standard InChI is InChI=1S/C18H25F3N4O3/c1-17(2,3)28-16(26)25-9-8-12(11-25)10-23-15(22)24-13-4-6-14(7-5-13)27-18(19,20)21/h4-7,12H,8-11H2,1-3H3,(H3,22,23,24). The van der Waals surface area contributed by atoms with E-state index in [2.05, 4.69) is 15.0 Å². The lowest BCUT2D eigenvalue weighted by molar-refractivity contribution is -0.274. The minimum Gasteiger partial charge on any atom is -0.444 e. The lowest BCUT2D eigenvalue weighted by Crippen LogP contribution is -2.35. The van der Waals surface area contributed by atoms with Crippen molar-refractivity contribution in [3.05, 3.63) is 24.3 Å². The number of ether oxygens (including phenoxy) is 2. The number of guanidine groups is 1. The van der Waals surface area contributed by atoms with Crippen molar-refractivity contribution in [2.45, 2.75) is 39.2 Å². The van der Waals surface area contributed by atoms with Gasteiger partial charge in [-0.15, -0.1) is 13.2 Å². The molecule has 1 aromatic carbocycles. The normalized spacial score (nSPS) is 18.1. The van der Waals surface area contributed by atoms with E-state index in [4.69, 9.17) is 10.5 Å². The number of nitrogens with one attached hydrogen (secondary N) is 1. The van der Waals surface area contributed by atoms with Crippen molar-refractivity contribution in [2.75, 3.05) is 25.0 Å². The molecule has 28 heavy (non-hydrogen) atoms. The van der Waals surface area contributed by atoms with Crippen LogP contribution in [0.3, 0.4) is 0 Å². The largest absolute Gasteiger partial charge is 0.573 e. The molecule has 1 aliphatic heterocycles. The van der Waals surface area contributed by atoms with Gasteiger partial charge in [0.25, 0.3) is 0 Å². The monoisotopic (exact) mass is 402 g/mol. The van der Waals surface area contributed by atoms with Crippen LogP contribution in [-0.2, 0) is 4.74 Å². The summed E-state index contributed by atoms with van der Waals surface area (Å²) < 4.78 is 45.6. The third kappa shape index (κ3) is 7.53. The van der Waals surface area contributed by atoms with Crippen molar-refractivity contribution in [1.82, 2.24) is 4.90 Å². The molecule has 0 saturated carbocycles. The average Bonchev–Trinajstić information content (AvgIpc) is 3.01. The number of nitrogens with zero attached hydrogens (tertiary/aromatic N) is 2. The van der Waals surface area contributed by atoms with Crippen molar-refractivity contribution in [3.63, 3.8) is 0 Å². The zero-order valence-corrected chi connectivity index (χ0v) is 16.0. The Morgan fingerprint density at radius 2 is 1.93 bits per heavy atom. The van der Waals surface area contributed by atoms with Crippen molar-refractivity contribution in [2.24, 2.45) is 16.6 Å². The molecule has 10 heteroatoms. The van der Waals surface area contributed by atoms with E-state index in [9.17, 15) is 18.0 Å². The van der Waals surface area contributed by atoms with Crippen LogP contribution < -0.4 is 15.8 Å². The second kappa shape index (κ2) is 8.57. The Morgan fingerprint density at radius 3 is 2.50 bits per heavy atom. The average molecular weight is 402 g/mol. The molecule has 1 unspecified atom stereocenters. The summed E-state index contributed by atoms with van der Waals surface area (Å²) in [7, 11) is 0. The molecule has 0 spiro atoms. The molecule has 2 rings (SSSR count). The van der Waals surface area contributed by atoms with Gasteiger partial charge in [0.1, 0.15) is 11.4 Å². The summed E-state index contributed by atoms with van der Waals surface area (Å²) in [6.45, 7) is 7.01. The van der Waals surface area contributed by atoms with Crippen molar-refractivity contribution < 1.29 is 27.4 Å². The molecule has 1 saturated heterocycles. The highest BCUT2D eigenvalue weighted by atomic mass is 19.4. The number of aliphatic imine (C=N–C) groups is 1. The zero-order valence-electron chi connectivity index (χ0n) is 16.0. The van der Waals surface area contributed by atoms with E-state index in [-0.39, 0.29) is 23.7 Å². The number of anilines is 1. The number of hydrogen-bond donors (Lipinski definition) is 2. The van der Waals surface area contributed by atoms with Crippen LogP contribution in [0.15, 0.2) is 29.3 Å². The van der Waals surface area contributed by atoms with E-state index in [0.29, 0.717) is 25.3 Å². The Labute approximate surface area is 161 Å². The second-order valence-corrected chi connectivity index (χ2v) is 7.50. The third-order valence-electron chi connectivity index (χ3n) is 3.82. The summed E-state index contributed by atoms with van der Waals surface area (Å²) in [6.07, 6.45) is -4.28. The Kier molecular flexibility index (Phi) is 6.63. The fourth-order valence-corrected chi connectivity index (χ4v) is 2.63. The first kappa shape index (κ1) is 21.6. The van der Waals surface area contributed by atoms with Crippen LogP contribution in [0, 0.1) is 5.92 Å². The molecular formula is C18H25F3N4O3. The molecule has 1 amide bonds. The molecule has 0 aliphatic carbocycles. The van der Waals surface area contributed by atoms with Gasteiger partial charge in [-0.25, -0.2) is 4.79 Å². The maximum Gasteiger partial charge on any atom is 0.573 e. The first-order valence-corrected chi connectivity index (χ1v) is 8.82. The molecule has 3 N–H and O–H groups in total. The number of hydrogen-bond acceptors (Lipinski definition) is 4. The Hall–Kier alpha value is -2.65. The molecular weight excluding hydrogens is 377 g/mol. The Morgan fingerprint density at radius 1 is 1.29 bits per heavy atom. The smallest absolute Gasteiger partial charge is 0.444 e. The minimum absolute atomic E-state index is 0.139. The van der Waals surface area contributed by atoms with E-state index in [1.165, 1.54) is 24.3 Å². The topological polar surface area (TPSA) is 89.2 Å². The number of halogens is 3. The minimum atomic E-state index is -4.73. The highest BCUT2D eigenvalue weighted by Gasteiger charge is 2.31. The molecule has 1 fully saturated rings. The molecule has 1 aliphatic rings. The van der Waals surface area contributed by atoms with Gasteiger partial charge in [-0.05, 0) is 57.4 Å². The molecule has 1 aromatic rings. The van der Waals surface area contributed by atoms with Gasteiger partial charge in [0.05, 0.1) is 0 Å². The summed E-state index contributed by atoms with van der Waals surface area (Å²) in [5, 5.41) is 2.81. The Bertz CT molecular complexity index is 700. The van der Waals surface area contributed by atoms with Crippen LogP contribution in [0.25, 0.3) is 0 Å². The molecule has 156 valence electrons. The van der Waals surface area contributed by atoms with Gasteiger partial charge in [0.15, 0.2) is 5.96 Å². The third-order valence-corrected chi connectivity index (χ3v) is 3.82. The van der Waals surface area contributed by atoms with Crippen LogP contribution in [0.2, 0.25) is 0 Å². The first-order chi connectivity index (χ1) is 12.9. The summed E-state index contributed by atoms with van der Waals surface area (Å²) in [6, 6.07) is 5.17. The molecule has 1 heterocycles. The van der Waals surface area contributed by atoms with Gasteiger partial charge in [-0.1, -0.05) is 0 Å². The number of carbonyl (C=O) groups excluding carboxylic acids is 1. The van der Waals surface area contributed by atoms with Crippen LogP contribution >= 0.6 is 0 Å². The highest BCUT2D eigenvalue weighted by Crippen LogP contribution is 2.24. The van der Waals surface area contributed by atoms with Crippen LogP contribution in [0.4, 0.5) is 23.7 Å². The SMILES string of the molecule is CC(C)(C)OC(=O)N1CCC(CN=C(N)Nc2ccc(OC(F)(F)F)cc2)C1. The zero-order chi connectivity index (χ0) is 20.9. The summed E-state index contributed by atoms with van der Waals surface area (Å²) in [5.74, 6) is -0.0163. The fraction of sp³-hybridized carbons (Fsp3) is 0.556. The maximum atomic E-state index is 12.1. The number of alkyl halides is 3. The van der Waals surface area contributed by atoms with Crippen LogP contribution in [-0.4, -0.2) is 48.6 Å². The molecule has 0 radical (unpaired) electrons. The second-order valence-electron chi connectivity index (χ2n) is 7.50. The predicted molar refractivity (Wildman–Crippen MR) is 99.2 cm³/mol. The van der Waals surface area contributed by atoms with Gasteiger partial charge < -0.3 is 25.4 Å². The lowest BCUT2D eigenvalue weighted by atomic mass is 10.1. The number of likely N-dealkylation sites (tertiary alicyclic amines) is 1. The predicted octanol–water partition coefficient (Wildman–Crippen LogP) is 3.57. The van der Waals surface area contributed by atoms with Gasteiger partial charge in [-0.2, -0.15) is 0 Å². The van der Waals surface area contributed by atoms with Crippen LogP contribution in [0.1, 0.15) is 27.2 Å². The van der Waals surface area contributed by atoms with Crippen molar-refractivity contribution in [3.8, 4) is 5.75 Å². The summed E-state index contributed by atoms with van der Waals surface area (Å²) in [5.41, 5.74) is 5.77. The van der Waals surface area contributed by atoms with E-state index < -0.39 is 12.0 Å². The van der Waals surface area contributed by atoms with Crippen molar-refractivity contribution in [1.29, 1.82) is 0 Å². The number of benzene rings is 1. The number of nitrogens with two attached hydrogens (primary N) is 1. The van der Waals surface area contributed by atoms with Gasteiger partial charge >= 0.3 is 12.5 Å². The fourth-order valence-electron chi connectivity index (χ4n) is 2.63. The summed E-state index contributed by atoms with van der Waals surface area (Å²) >= 11 is 0. The van der Waals surface area contributed by atoms with E-state index in [1.807, 2.05) is 20.8 Å². The molecule has 7 nitrogen and oxygen atoms in total. The van der Waals surface area contributed by atoms with E-state index in [0.717, 1.165) is 6.42 Å². The summed E-state index contributed by atoms with van der Waals surface area (Å²) in [4.78, 5) is 17.9. The van der Waals surface area contributed by atoms with E-state index >= 15 is 0 Å². The van der Waals surface area contributed by atoms with Crippen LogP contribution in [0.5, 0.6) is 5.75 Å². The quantitative estimate of drug-likeness (QED) is 0.594. The first-order valence-electron chi connectivity index (χ1n) is 8.82. The van der Waals surface area contributed by atoms with Gasteiger partial charge in [0.2, 0.25) is 0 Å². The van der Waals surface area contributed by atoms with Gasteiger partial charge in [0, 0.05) is 25.3 Å². The Balaban J connectivity index is 1.81.